The van der Waals surface area contributed by atoms with E-state index in [-0.39, 0.29) is 24.3 Å². The first kappa shape index (κ1) is 6.89. The quantitative estimate of drug-likeness (QED) is 0.565. The molecule has 0 aromatic rings. The van der Waals surface area contributed by atoms with Crippen LogP contribution in [-0.2, 0) is 4.79 Å². The Kier molecular flexibility index (Phi) is 1.16. The minimum atomic E-state index is 0.152. The Morgan fingerprint density at radius 3 is 3.08 bits per heavy atom. The number of carbonyl (C=O) groups is 1. The van der Waals surface area contributed by atoms with Gasteiger partial charge in [-0.05, 0) is 30.6 Å². The van der Waals surface area contributed by atoms with Gasteiger partial charge in [-0.25, -0.2) is 0 Å². The molecule has 3 aliphatic rings. The van der Waals surface area contributed by atoms with Crippen molar-refractivity contribution in [3.63, 3.8) is 0 Å². The lowest BCUT2D eigenvalue weighted by molar-refractivity contribution is -0.124. The molecule has 2 N–H and O–H groups in total. The van der Waals surface area contributed by atoms with Crippen LogP contribution in [0.25, 0.3) is 0 Å². The molecule has 5 unspecified atom stereocenters. The van der Waals surface area contributed by atoms with Crippen LogP contribution in [0.2, 0.25) is 0 Å². The lowest BCUT2D eigenvalue weighted by atomic mass is 9.80. The van der Waals surface area contributed by atoms with Crippen molar-refractivity contribution in [2.24, 2.45) is 23.7 Å². The van der Waals surface area contributed by atoms with E-state index in [2.05, 4.69) is 5.32 Å². The molecular formula is C9H13NO2. The standard InChI is InChI=1S/C9H13NO2/c11-3-6-4-1-5-7(2-4)10-9(12)8(5)6/h4-8,11H,1-3H2,(H,10,12). The normalized spacial score (nSPS) is 54.8. The van der Waals surface area contributed by atoms with Gasteiger partial charge >= 0.3 is 0 Å². The molecule has 1 amide bonds. The summed E-state index contributed by atoms with van der Waals surface area (Å²) in [6.07, 6.45) is 2.28. The van der Waals surface area contributed by atoms with Crippen LogP contribution in [0.5, 0.6) is 0 Å². The molecule has 0 aromatic carbocycles. The van der Waals surface area contributed by atoms with Gasteiger partial charge in [-0.15, -0.1) is 0 Å². The van der Waals surface area contributed by atoms with Crippen molar-refractivity contribution < 1.29 is 9.90 Å². The van der Waals surface area contributed by atoms with Crippen LogP contribution < -0.4 is 5.32 Å². The third kappa shape index (κ3) is 0.600. The molecule has 0 spiro atoms. The SMILES string of the molecule is O=C1NC2CC3CC2C1C3CO. The Morgan fingerprint density at radius 1 is 1.50 bits per heavy atom. The number of rotatable bonds is 1. The van der Waals surface area contributed by atoms with Gasteiger partial charge in [0.1, 0.15) is 0 Å². The molecule has 3 nitrogen and oxygen atoms in total. The number of aliphatic hydroxyl groups is 1. The molecular weight excluding hydrogens is 154 g/mol. The predicted octanol–water partition coefficient (Wildman–Crippen LogP) is -0.251. The van der Waals surface area contributed by atoms with Crippen molar-refractivity contribution in [1.29, 1.82) is 0 Å². The van der Waals surface area contributed by atoms with Gasteiger partial charge in [-0.1, -0.05) is 0 Å². The highest BCUT2D eigenvalue weighted by atomic mass is 16.3. The van der Waals surface area contributed by atoms with Crippen molar-refractivity contribution in [2.75, 3.05) is 6.61 Å². The Hall–Kier alpha value is -0.570. The molecule has 0 radical (unpaired) electrons. The number of carbonyl (C=O) groups excluding carboxylic acids is 1. The van der Waals surface area contributed by atoms with Gasteiger partial charge in [0, 0.05) is 18.6 Å². The van der Waals surface area contributed by atoms with Crippen LogP contribution in [0.4, 0.5) is 0 Å². The van der Waals surface area contributed by atoms with E-state index in [1.807, 2.05) is 0 Å². The monoisotopic (exact) mass is 167 g/mol. The third-order valence-electron chi connectivity index (χ3n) is 4.02. The summed E-state index contributed by atoms with van der Waals surface area (Å²) in [6.45, 7) is 0.200. The zero-order chi connectivity index (χ0) is 8.29. The molecule has 2 bridgehead atoms. The van der Waals surface area contributed by atoms with Gasteiger partial charge in [-0.2, -0.15) is 0 Å². The molecule has 3 heteroatoms. The Bertz CT molecular complexity index is 239. The zero-order valence-corrected chi connectivity index (χ0v) is 6.86. The summed E-state index contributed by atoms with van der Waals surface area (Å²) in [7, 11) is 0. The van der Waals surface area contributed by atoms with Crippen molar-refractivity contribution in [2.45, 2.75) is 18.9 Å². The number of aliphatic hydroxyl groups excluding tert-OH is 1. The molecule has 1 aliphatic heterocycles. The second-order valence-corrected chi connectivity index (χ2v) is 4.38. The predicted molar refractivity (Wildman–Crippen MR) is 42.2 cm³/mol. The van der Waals surface area contributed by atoms with E-state index in [1.54, 1.807) is 0 Å². The second-order valence-electron chi connectivity index (χ2n) is 4.38. The molecule has 0 aromatic heterocycles. The topological polar surface area (TPSA) is 49.3 Å². The van der Waals surface area contributed by atoms with Gasteiger partial charge in [-0.3, -0.25) is 4.79 Å². The number of hydrogen-bond acceptors (Lipinski definition) is 2. The van der Waals surface area contributed by atoms with Crippen LogP contribution in [0, 0.1) is 23.7 Å². The highest BCUT2D eigenvalue weighted by Crippen LogP contribution is 2.55. The molecule has 2 aliphatic carbocycles. The van der Waals surface area contributed by atoms with Crippen molar-refractivity contribution in [3.05, 3.63) is 0 Å². The second kappa shape index (κ2) is 2.02. The summed E-state index contributed by atoms with van der Waals surface area (Å²) >= 11 is 0. The largest absolute Gasteiger partial charge is 0.396 e. The lowest BCUT2D eigenvalue weighted by Crippen LogP contribution is -2.28. The van der Waals surface area contributed by atoms with Crippen molar-refractivity contribution >= 4 is 5.91 Å². The molecule has 5 atom stereocenters. The molecule has 66 valence electrons. The summed E-state index contributed by atoms with van der Waals surface area (Å²) in [5, 5.41) is 12.2. The summed E-state index contributed by atoms with van der Waals surface area (Å²) < 4.78 is 0. The van der Waals surface area contributed by atoms with Crippen molar-refractivity contribution in [1.82, 2.24) is 5.32 Å². The minimum Gasteiger partial charge on any atom is -0.396 e. The maximum Gasteiger partial charge on any atom is 0.224 e. The molecule has 1 heterocycles. The molecule has 3 fully saturated rings. The third-order valence-corrected chi connectivity index (χ3v) is 4.02. The Balaban J connectivity index is 1.98. The first-order valence-corrected chi connectivity index (χ1v) is 4.72. The molecule has 1 saturated heterocycles. The fraction of sp³-hybridized carbons (Fsp3) is 0.889. The summed E-state index contributed by atoms with van der Waals surface area (Å²) in [5.41, 5.74) is 0. The number of hydrogen-bond donors (Lipinski definition) is 2. The van der Waals surface area contributed by atoms with Crippen LogP contribution >= 0.6 is 0 Å². The highest BCUT2D eigenvalue weighted by Gasteiger charge is 2.59. The van der Waals surface area contributed by atoms with E-state index in [9.17, 15) is 4.79 Å². The van der Waals surface area contributed by atoms with Gasteiger partial charge in [0.2, 0.25) is 5.91 Å². The van der Waals surface area contributed by atoms with Crippen molar-refractivity contribution in [3.8, 4) is 0 Å². The van der Waals surface area contributed by atoms with Crippen LogP contribution in [-0.4, -0.2) is 23.7 Å². The Morgan fingerprint density at radius 2 is 2.33 bits per heavy atom. The average molecular weight is 167 g/mol. The van der Waals surface area contributed by atoms with Gasteiger partial charge < -0.3 is 10.4 Å². The smallest absolute Gasteiger partial charge is 0.224 e. The summed E-state index contributed by atoms with van der Waals surface area (Å²) in [6, 6.07) is 0.454. The maximum absolute atomic E-state index is 11.4. The van der Waals surface area contributed by atoms with Gasteiger partial charge in [0.25, 0.3) is 0 Å². The summed E-state index contributed by atoms with van der Waals surface area (Å²) in [4.78, 5) is 11.4. The Labute approximate surface area is 71.1 Å². The van der Waals surface area contributed by atoms with E-state index in [0.29, 0.717) is 17.9 Å². The van der Waals surface area contributed by atoms with Crippen LogP contribution in [0.1, 0.15) is 12.8 Å². The van der Waals surface area contributed by atoms with E-state index in [1.165, 1.54) is 6.42 Å². The number of fused-ring (bicyclic) bond motifs is 1. The summed E-state index contributed by atoms with van der Waals surface area (Å²) in [5.74, 6) is 1.80. The fourth-order valence-electron chi connectivity index (χ4n) is 3.56. The van der Waals surface area contributed by atoms with Crippen LogP contribution in [0.15, 0.2) is 0 Å². The number of nitrogens with one attached hydrogen (secondary N) is 1. The molecule has 2 saturated carbocycles. The highest BCUT2D eigenvalue weighted by molar-refractivity contribution is 5.83. The number of amides is 1. The van der Waals surface area contributed by atoms with Gasteiger partial charge in [0.05, 0.1) is 0 Å². The average Bonchev–Trinajstić information content (AvgIpc) is 2.61. The van der Waals surface area contributed by atoms with E-state index < -0.39 is 0 Å². The minimum absolute atomic E-state index is 0.152. The first-order valence-electron chi connectivity index (χ1n) is 4.72. The van der Waals surface area contributed by atoms with E-state index in [0.717, 1.165) is 6.42 Å². The molecule has 3 rings (SSSR count). The van der Waals surface area contributed by atoms with E-state index in [4.69, 9.17) is 5.11 Å². The maximum atomic E-state index is 11.4. The van der Waals surface area contributed by atoms with Gasteiger partial charge in [0.15, 0.2) is 0 Å². The zero-order valence-electron chi connectivity index (χ0n) is 6.86. The first-order chi connectivity index (χ1) is 5.81. The van der Waals surface area contributed by atoms with Crippen LogP contribution in [0.3, 0.4) is 0 Å². The molecule has 12 heavy (non-hydrogen) atoms. The lowest BCUT2D eigenvalue weighted by Gasteiger charge is -2.23. The van der Waals surface area contributed by atoms with E-state index >= 15 is 0 Å². The fourth-order valence-corrected chi connectivity index (χ4v) is 3.56.